The largest absolute Gasteiger partial charge is 0.497 e. The van der Waals surface area contributed by atoms with Crippen molar-refractivity contribution in [2.45, 2.75) is 19.5 Å². The number of rotatable bonds is 5. The summed E-state index contributed by atoms with van der Waals surface area (Å²) in [6, 6.07) is 19.0. The standard InChI is InChI=1S/C24H25N3O4/c1-3-31-22(28)15-25-24(29)27-16-18-7-4-5-8-20(18)26-14-6-9-21(26)23(27)17-10-12-19(30-2)13-11-17/h4-14,23H,3,15-16H2,1-2H3,(H,25,29)/t23-/m0/s1. The maximum Gasteiger partial charge on any atom is 0.325 e. The first-order valence-corrected chi connectivity index (χ1v) is 10.2. The Morgan fingerprint density at radius 2 is 1.84 bits per heavy atom. The first-order valence-electron chi connectivity index (χ1n) is 10.2. The van der Waals surface area contributed by atoms with Crippen molar-refractivity contribution >= 4 is 12.0 Å². The van der Waals surface area contributed by atoms with E-state index in [4.69, 9.17) is 9.47 Å². The number of esters is 1. The Morgan fingerprint density at radius 1 is 1.06 bits per heavy atom. The number of para-hydroxylation sites is 1. The van der Waals surface area contributed by atoms with Crippen molar-refractivity contribution in [3.63, 3.8) is 0 Å². The van der Waals surface area contributed by atoms with Gasteiger partial charge in [0.25, 0.3) is 0 Å². The molecule has 0 spiro atoms. The van der Waals surface area contributed by atoms with Gasteiger partial charge >= 0.3 is 12.0 Å². The number of hydrogen-bond acceptors (Lipinski definition) is 4. The van der Waals surface area contributed by atoms with Gasteiger partial charge in [0.2, 0.25) is 0 Å². The number of nitrogens with zero attached hydrogens (tertiary/aromatic N) is 2. The number of fused-ring (bicyclic) bond motifs is 3. The third-order valence-electron chi connectivity index (χ3n) is 5.35. The molecular weight excluding hydrogens is 394 g/mol. The molecule has 4 rings (SSSR count). The Labute approximate surface area is 181 Å². The molecule has 0 radical (unpaired) electrons. The summed E-state index contributed by atoms with van der Waals surface area (Å²) in [5.74, 6) is 0.282. The van der Waals surface area contributed by atoms with E-state index in [0.717, 1.165) is 28.3 Å². The first kappa shape index (κ1) is 20.5. The lowest BCUT2D eigenvalue weighted by molar-refractivity contribution is -0.141. The van der Waals surface area contributed by atoms with E-state index in [1.165, 1.54) is 0 Å². The maximum atomic E-state index is 13.3. The van der Waals surface area contributed by atoms with Crippen LogP contribution < -0.4 is 10.1 Å². The van der Waals surface area contributed by atoms with Crippen molar-refractivity contribution in [2.24, 2.45) is 0 Å². The number of nitrogens with one attached hydrogen (secondary N) is 1. The fraction of sp³-hybridized carbons (Fsp3) is 0.250. The Bertz CT molecular complexity index is 1070. The van der Waals surface area contributed by atoms with Crippen molar-refractivity contribution in [3.8, 4) is 11.4 Å². The van der Waals surface area contributed by atoms with Gasteiger partial charge < -0.3 is 24.3 Å². The lowest BCUT2D eigenvalue weighted by Gasteiger charge is -2.31. The number of carbonyl (C=O) groups excluding carboxylic acids is 2. The molecule has 0 aliphatic carbocycles. The Balaban J connectivity index is 1.76. The molecule has 1 aliphatic heterocycles. The van der Waals surface area contributed by atoms with E-state index in [-0.39, 0.29) is 25.2 Å². The monoisotopic (exact) mass is 419 g/mol. The maximum absolute atomic E-state index is 13.3. The number of methoxy groups -OCH3 is 1. The third-order valence-corrected chi connectivity index (χ3v) is 5.35. The van der Waals surface area contributed by atoms with Gasteiger partial charge in [0.15, 0.2) is 0 Å². The molecule has 1 N–H and O–H groups in total. The molecule has 1 aromatic heterocycles. The predicted molar refractivity (Wildman–Crippen MR) is 116 cm³/mol. The highest BCUT2D eigenvalue weighted by molar-refractivity contribution is 5.81. The molecule has 7 nitrogen and oxygen atoms in total. The lowest BCUT2D eigenvalue weighted by Crippen LogP contribution is -2.44. The van der Waals surface area contributed by atoms with E-state index in [2.05, 4.69) is 9.88 Å². The van der Waals surface area contributed by atoms with Crippen LogP contribution in [0.3, 0.4) is 0 Å². The second kappa shape index (κ2) is 8.95. The molecular formula is C24H25N3O4. The number of ether oxygens (including phenoxy) is 2. The van der Waals surface area contributed by atoms with Gasteiger partial charge in [0, 0.05) is 11.9 Å². The molecule has 1 atom stereocenters. The smallest absolute Gasteiger partial charge is 0.325 e. The van der Waals surface area contributed by atoms with E-state index in [1.54, 1.807) is 18.9 Å². The quantitative estimate of drug-likeness (QED) is 0.641. The Kier molecular flexibility index (Phi) is 5.93. The summed E-state index contributed by atoms with van der Waals surface area (Å²) < 4.78 is 12.4. The summed E-state index contributed by atoms with van der Waals surface area (Å²) in [6.45, 7) is 2.22. The van der Waals surface area contributed by atoms with Crippen LogP contribution in [0, 0.1) is 0 Å². The molecule has 3 aromatic rings. The normalized spacial score (nSPS) is 14.8. The zero-order valence-electron chi connectivity index (χ0n) is 17.6. The van der Waals surface area contributed by atoms with Crippen molar-refractivity contribution in [1.29, 1.82) is 0 Å². The van der Waals surface area contributed by atoms with Crippen molar-refractivity contribution in [1.82, 2.24) is 14.8 Å². The van der Waals surface area contributed by atoms with Crippen LogP contribution in [0.25, 0.3) is 5.69 Å². The van der Waals surface area contributed by atoms with Gasteiger partial charge in [-0.25, -0.2) is 4.79 Å². The number of carbonyl (C=O) groups is 2. The average molecular weight is 419 g/mol. The first-order chi connectivity index (χ1) is 15.1. The van der Waals surface area contributed by atoms with E-state index < -0.39 is 5.97 Å². The van der Waals surface area contributed by atoms with Gasteiger partial charge in [0.05, 0.1) is 32.0 Å². The molecule has 2 aromatic carbocycles. The molecule has 1 aliphatic rings. The van der Waals surface area contributed by atoms with Gasteiger partial charge in [-0.3, -0.25) is 4.79 Å². The van der Waals surface area contributed by atoms with Crippen LogP contribution in [-0.2, 0) is 16.1 Å². The molecule has 2 amide bonds. The van der Waals surface area contributed by atoms with Gasteiger partial charge in [-0.1, -0.05) is 30.3 Å². The number of urea groups is 1. The summed E-state index contributed by atoms with van der Waals surface area (Å²) in [4.78, 5) is 26.8. The summed E-state index contributed by atoms with van der Waals surface area (Å²) in [5.41, 5.74) is 3.95. The second-order valence-corrected chi connectivity index (χ2v) is 7.20. The highest BCUT2D eigenvalue weighted by atomic mass is 16.5. The summed E-state index contributed by atoms with van der Waals surface area (Å²) in [6.07, 6.45) is 2.00. The molecule has 31 heavy (non-hydrogen) atoms. The number of amides is 2. The van der Waals surface area contributed by atoms with Crippen molar-refractivity contribution in [2.75, 3.05) is 20.3 Å². The second-order valence-electron chi connectivity index (χ2n) is 7.20. The van der Waals surface area contributed by atoms with Gasteiger partial charge in [-0.05, 0) is 48.4 Å². The molecule has 0 saturated carbocycles. The zero-order chi connectivity index (χ0) is 21.8. The zero-order valence-corrected chi connectivity index (χ0v) is 17.6. The Morgan fingerprint density at radius 3 is 2.58 bits per heavy atom. The van der Waals surface area contributed by atoms with Gasteiger partial charge in [-0.2, -0.15) is 0 Å². The Hall–Kier alpha value is -3.74. The molecule has 0 saturated heterocycles. The summed E-state index contributed by atoms with van der Waals surface area (Å²) >= 11 is 0. The molecule has 160 valence electrons. The van der Waals surface area contributed by atoms with Crippen molar-refractivity contribution < 1.29 is 19.1 Å². The van der Waals surface area contributed by atoms with Crippen LogP contribution >= 0.6 is 0 Å². The van der Waals surface area contributed by atoms with E-state index in [9.17, 15) is 9.59 Å². The number of hydrogen-bond donors (Lipinski definition) is 1. The number of aromatic nitrogens is 1. The van der Waals surface area contributed by atoms with Crippen LogP contribution in [0.2, 0.25) is 0 Å². The van der Waals surface area contributed by atoms with E-state index in [0.29, 0.717) is 6.54 Å². The minimum atomic E-state index is -0.463. The predicted octanol–water partition coefficient (Wildman–Crippen LogP) is 3.66. The molecule has 0 bridgehead atoms. The number of benzene rings is 2. The van der Waals surface area contributed by atoms with Gasteiger partial charge in [0.1, 0.15) is 12.3 Å². The summed E-state index contributed by atoms with van der Waals surface area (Å²) in [7, 11) is 1.62. The molecule has 0 unspecified atom stereocenters. The highest BCUT2D eigenvalue weighted by Crippen LogP contribution is 2.37. The van der Waals surface area contributed by atoms with E-state index in [1.807, 2.05) is 66.9 Å². The highest BCUT2D eigenvalue weighted by Gasteiger charge is 2.33. The molecule has 0 fully saturated rings. The van der Waals surface area contributed by atoms with Crippen LogP contribution in [0.15, 0.2) is 66.9 Å². The summed E-state index contributed by atoms with van der Waals surface area (Å²) in [5, 5.41) is 2.72. The van der Waals surface area contributed by atoms with Crippen LogP contribution in [0.1, 0.15) is 29.8 Å². The minimum absolute atomic E-state index is 0.179. The molecule has 7 heteroatoms. The van der Waals surface area contributed by atoms with E-state index >= 15 is 0 Å². The lowest BCUT2D eigenvalue weighted by atomic mass is 10.0. The fourth-order valence-electron chi connectivity index (χ4n) is 3.94. The third kappa shape index (κ3) is 4.12. The topological polar surface area (TPSA) is 72.8 Å². The van der Waals surface area contributed by atoms with Crippen LogP contribution in [0.4, 0.5) is 4.79 Å². The van der Waals surface area contributed by atoms with Crippen LogP contribution in [0.5, 0.6) is 5.75 Å². The fourth-order valence-corrected chi connectivity index (χ4v) is 3.94. The van der Waals surface area contributed by atoms with Crippen molar-refractivity contribution in [3.05, 3.63) is 83.7 Å². The van der Waals surface area contributed by atoms with Crippen LogP contribution in [-0.4, -0.2) is 41.7 Å². The van der Waals surface area contributed by atoms with Gasteiger partial charge in [-0.15, -0.1) is 0 Å². The minimum Gasteiger partial charge on any atom is -0.497 e. The average Bonchev–Trinajstić information content (AvgIpc) is 3.22. The SMILES string of the molecule is CCOC(=O)CNC(=O)N1Cc2ccccc2-n2cccc2[C@@H]1c1ccc(OC)cc1. The molecule has 2 heterocycles.